The van der Waals surface area contributed by atoms with Crippen molar-refractivity contribution in [1.82, 2.24) is 14.5 Å². The predicted molar refractivity (Wildman–Crippen MR) is 91.8 cm³/mol. The van der Waals surface area contributed by atoms with Gasteiger partial charge in [-0.2, -0.15) is 0 Å². The first-order valence-electron chi connectivity index (χ1n) is 7.83. The van der Waals surface area contributed by atoms with Gasteiger partial charge < -0.3 is 10.2 Å². The number of carbonyl (C=O) groups excluding carboxylic acids is 1. The van der Waals surface area contributed by atoms with E-state index in [-0.39, 0.29) is 24.2 Å². The predicted octanol–water partition coefficient (Wildman–Crippen LogP) is 0.928. The first-order valence-corrected chi connectivity index (χ1v) is 9.68. The highest BCUT2D eigenvalue weighted by Gasteiger charge is 2.28. The summed E-state index contributed by atoms with van der Waals surface area (Å²) in [6.45, 7) is 8.95. The van der Waals surface area contributed by atoms with E-state index in [2.05, 4.69) is 24.1 Å². The summed E-state index contributed by atoms with van der Waals surface area (Å²) in [5.74, 6) is 0.0270. The highest BCUT2D eigenvalue weighted by molar-refractivity contribution is 7.88. The lowest BCUT2D eigenvalue weighted by Crippen LogP contribution is -2.43. The van der Waals surface area contributed by atoms with Crippen molar-refractivity contribution in [2.45, 2.75) is 33.1 Å². The highest BCUT2D eigenvalue weighted by Crippen LogP contribution is 2.19. The molecule has 1 heterocycles. The van der Waals surface area contributed by atoms with E-state index in [1.807, 2.05) is 0 Å². The van der Waals surface area contributed by atoms with Gasteiger partial charge >= 0.3 is 0 Å². The number of nitrogens with zero attached hydrogens (tertiary/aromatic N) is 2. The molecule has 0 bridgehead atoms. The molecule has 132 valence electrons. The quantitative estimate of drug-likeness (QED) is 0.657. The van der Waals surface area contributed by atoms with Crippen LogP contribution in [0.1, 0.15) is 33.1 Å². The van der Waals surface area contributed by atoms with Gasteiger partial charge in [0, 0.05) is 25.6 Å². The van der Waals surface area contributed by atoms with Gasteiger partial charge in [-0.25, -0.2) is 12.7 Å². The maximum atomic E-state index is 12.0. The zero-order valence-corrected chi connectivity index (χ0v) is 15.5. The number of hydrogen-bond donors (Lipinski definition) is 1. The van der Waals surface area contributed by atoms with Crippen LogP contribution in [0.3, 0.4) is 0 Å². The molecular formula is C14H30ClN3O3S. The summed E-state index contributed by atoms with van der Waals surface area (Å²) in [5.41, 5.74) is 0. The second kappa shape index (κ2) is 10.4. The monoisotopic (exact) mass is 355 g/mol. The van der Waals surface area contributed by atoms with E-state index >= 15 is 0 Å². The van der Waals surface area contributed by atoms with Crippen molar-refractivity contribution in [1.29, 1.82) is 0 Å². The van der Waals surface area contributed by atoms with Crippen molar-refractivity contribution in [3.05, 3.63) is 0 Å². The van der Waals surface area contributed by atoms with Crippen LogP contribution in [-0.4, -0.2) is 69.1 Å². The number of sulfonamides is 1. The number of carbonyl (C=O) groups is 1. The Morgan fingerprint density at radius 1 is 1.23 bits per heavy atom. The second-order valence-corrected chi connectivity index (χ2v) is 7.59. The minimum absolute atomic E-state index is 0. The molecule has 1 aliphatic heterocycles. The van der Waals surface area contributed by atoms with Crippen LogP contribution in [0, 0.1) is 5.92 Å². The first-order chi connectivity index (χ1) is 9.88. The maximum absolute atomic E-state index is 12.0. The van der Waals surface area contributed by atoms with Crippen LogP contribution in [0.15, 0.2) is 0 Å². The third-order valence-electron chi connectivity index (χ3n) is 4.14. The summed E-state index contributed by atoms with van der Waals surface area (Å²) in [6, 6.07) is 0. The van der Waals surface area contributed by atoms with Gasteiger partial charge in [0.2, 0.25) is 15.9 Å². The van der Waals surface area contributed by atoms with E-state index in [1.165, 1.54) is 10.6 Å². The molecule has 6 nitrogen and oxygen atoms in total. The van der Waals surface area contributed by atoms with Crippen molar-refractivity contribution in [2.24, 2.45) is 5.92 Å². The van der Waals surface area contributed by atoms with E-state index in [4.69, 9.17) is 0 Å². The molecule has 0 aromatic rings. The van der Waals surface area contributed by atoms with E-state index < -0.39 is 10.0 Å². The molecule has 0 saturated carbocycles. The number of rotatable bonds is 8. The molecule has 1 rings (SSSR count). The van der Waals surface area contributed by atoms with Crippen LogP contribution in [0.4, 0.5) is 0 Å². The molecule has 0 unspecified atom stereocenters. The van der Waals surface area contributed by atoms with Crippen LogP contribution in [0.2, 0.25) is 0 Å². The summed E-state index contributed by atoms with van der Waals surface area (Å²) in [6.07, 6.45) is 3.42. The molecule has 0 aliphatic carbocycles. The molecule has 0 atom stereocenters. The van der Waals surface area contributed by atoms with Crippen molar-refractivity contribution in [3.63, 3.8) is 0 Å². The molecule has 0 aromatic heterocycles. The molecule has 8 heteroatoms. The van der Waals surface area contributed by atoms with Crippen molar-refractivity contribution in [3.8, 4) is 0 Å². The van der Waals surface area contributed by atoms with Gasteiger partial charge in [-0.3, -0.25) is 4.79 Å². The molecule has 1 aliphatic rings. The lowest BCUT2D eigenvalue weighted by molar-refractivity contribution is -0.126. The number of piperidine rings is 1. The smallest absolute Gasteiger partial charge is 0.223 e. The van der Waals surface area contributed by atoms with Crippen molar-refractivity contribution in [2.75, 3.05) is 45.5 Å². The number of amides is 1. The van der Waals surface area contributed by atoms with E-state index in [0.717, 1.165) is 26.1 Å². The Labute approximate surface area is 141 Å². The van der Waals surface area contributed by atoms with Gasteiger partial charge in [0.05, 0.1) is 6.26 Å². The van der Waals surface area contributed by atoms with Gasteiger partial charge in [-0.1, -0.05) is 13.8 Å². The summed E-state index contributed by atoms with van der Waals surface area (Å²) in [5, 5.41) is 2.98. The van der Waals surface area contributed by atoms with Crippen molar-refractivity contribution < 1.29 is 13.2 Å². The lowest BCUT2D eigenvalue weighted by Gasteiger charge is -2.29. The Bertz CT molecular complexity index is 419. The molecule has 1 N–H and O–H groups in total. The Balaban J connectivity index is 0.00000441. The number of nitrogens with one attached hydrogen (secondary N) is 1. The molecular weight excluding hydrogens is 326 g/mol. The standard InChI is InChI=1S/C14H29N3O3S.ClH/c1-4-16(5-2)10-6-9-15-14(18)13-7-11-17(12-8-13)21(3,19)20;/h13H,4-12H2,1-3H3,(H,15,18);1H. The fourth-order valence-electron chi connectivity index (χ4n) is 2.65. The highest BCUT2D eigenvalue weighted by atomic mass is 35.5. The largest absolute Gasteiger partial charge is 0.356 e. The third-order valence-corrected chi connectivity index (χ3v) is 5.44. The second-order valence-electron chi connectivity index (χ2n) is 5.61. The zero-order valence-electron chi connectivity index (χ0n) is 13.9. The summed E-state index contributed by atoms with van der Waals surface area (Å²) in [4.78, 5) is 14.4. The molecule has 1 saturated heterocycles. The molecule has 22 heavy (non-hydrogen) atoms. The normalized spacial score (nSPS) is 17.3. The number of halogens is 1. The summed E-state index contributed by atoms with van der Waals surface area (Å²) < 4.78 is 24.3. The topological polar surface area (TPSA) is 69.7 Å². The molecule has 0 aromatic carbocycles. The zero-order chi connectivity index (χ0) is 15.9. The Kier molecular flexibility index (Phi) is 10.2. The fourth-order valence-corrected chi connectivity index (χ4v) is 3.52. The van der Waals surface area contributed by atoms with Gasteiger partial charge in [0.25, 0.3) is 0 Å². The molecule has 0 radical (unpaired) electrons. The average Bonchev–Trinajstić information content (AvgIpc) is 2.46. The lowest BCUT2D eigenvalue weighted by atomic mass is 9.97. The molecule has 1 amide bonds. The van der Waals surface area contributed by atoms with Gasteiger partial charge in [-0.15, -0.1) is 12.4 Å². The molecule has 0 spiro atoms. The van der Waals surface area contributed by atoms with E-state index in [0.29, 0.717) is 32.5 Å². The van der Waals surface area contributed by atoms with Crippen LogP contribution >= 0.6 is 12.4 Å². The fraction of sp³-hybridized carbons (Fsp3) is 0.929. The Hall–Kier alpha value is -0.370. The Morgan fingerprint density at radius 2 is 1.77 bits per heavy atom. The Morgan fingerprint density at radius 3 is 2.23 bits per heavy atom. The minimum atomic E-state index is -3.12. The minimum Gasteiger partial charge on any atom is -0.356 e. The number of hydrogen-bond acceptors (Lipinski definition) is 4. The van der Waals surface area contributed by atoms with Gasteiger partial charge in [0.15, 0.2) is 0 Å². The first kappa shape index (κ1) is 21.6. The molecule has 1 fully saturated rings. The van der Waals surface area contributed by atoms with E-state index in [1.54, 1.807) is 0 Å². The SMILES string of the molecule is CCN(CC)CCCNC(=O)C1CCN(S(C)(=O)=O)CC1.Cl. The van der Waals surface area contributed by atoms with Gasteiger partial charge in [0.1, 0.15) is 0 Å². The summed E-state index contributed by atoms with van der Waals surface area (Å²) in [7, 11) is -3.12. The van der Waals surface area contributed by atoms with Crippen LogP contribution in [0.25, 0.3) is 0 Å². The van der Waals surface area contributed by atoms with E-state index in [9.17, 15) is 13.2 Å². The maximum Gasteiger partial charge on any atom is 0.223 e. The summed E-state index contributed by atoms with van der Waals surface area (Å²) >= 11 is 0. The van der Waals surface area contributed by atoms with Crippen LogP contribution in [-0.2, 0) is 14.8 Å². The van der Waals surface area contributed by atoms with Crippen molar-refractivity contribution >= 4 is 28.3 Å². The average molecular weight is 356 g/mol. The van der Waals surface area contributed by atoms with Gasteiger partial charge in [-0.05, 0) is 38.9 Å². The third kappa shape index (κ3) is 7.26. The van der Waals surface area contributed by atoms with Crippen LogP contribution < -0.4 is 5.32 Å². The van der Waals surface area contributed by atoms with Crippen LogP contribution in [0.5, 0.6) is 0 Å².